The quantitative estimate of drug-likeness (QED) is 0.168. The van der Waals surface area contributed by atoms with Gasteiger partial charge in [0.05, 0.1) is 74.6 Å². The highest BCUT2D eigenvalue weighted by Crippen LogP contribution is 2.45. The number of benzene rings is 7. The van der Waals surface area contributed by atoms with Gasteiger partial charge in [0.1, 0.15) is 0 Å². The Kier molecular flexibility index (Phi) is 8.58. The second-order valence-corrected chi connectivity index (χ2v) is 13.5. The highest BCUT2D eigenvalue weighted by Gasteiger charge is 2.25. The van der Waals surface area contributed by atoms with Crippen LogP contribution in [0.1, 0.15) is 22.3 Å². The van der Waals surface area contributed by atoms with E-state index in [1.54, 1.807) is 24.3 Å². The van der Waals surface area contributed by atoms with Gasteiger partial charge < -0.3 is 4.57 Å². The van der Waals surface area contributed by atoms with E-state index in [1.807, 2.05) is 140 Å². The van der Waals surface area contributed by atoms with Gasteiger partial charge in [0, 0.05) is 49.7 Å². The topological polar surface area (TPSA) is 126 Å². The van der Waals surface area contributed by atoms with Crippen molar-refractivity contribution in [1.29, 1.82) is 21.0 Å². The number of fused-ring (bicyclic) bond motifs is 3. The van der Waals surface area contributed by atoms with E-state index in [9.17, 15) is 21.0 Å². The summed E-state index contributed by atoms with van der Waals surface area (Å²) in [6.07, 6.45) is 0. The van der Waals surface area contributed by atoms with E-state index in [0.29, 0.717) is 61.6 Å². The molecule has 7 heteroatoms. The zero-order valence-corrected chi connectivity index (χ0v) is 30.2. The van der Waals surface area contributed by atoms with Gasteiger partial charge in [-0.1, -0.05) is 97.1 Å². The van der Waals surface area contributed by atoms with Crippen LogP contribution in [-0.2, 0) is 0 Å². The van der Waals surface area contributed by atoms with Gasteiger partial charge in [-0.3, -0.25) is 0 Å². The summed E-state index contributed by atoms with van der Waals surface area (Å²) in [7, 11) is 0. The molecule has 9 aromatic rings. The summed E-state index contributed by atoms with van der Waals surface area (Å²) in [4.78, 5) is 10.4. The average Bonchev–Trinajstić information content (AvgIpc) is 3.61. The van der Waals surface area contributed by atoms with Gasteiger partial charge in [0.15, 0.2) is 5.82 Å². The van der Waals surface area contributed by atoms with Crippen LogP contribution in [0.3, 0.4) is 0 Å². The molecule has 2 heterocycles. The van der Waals surface area contributed by atoms with Crippen LogP contribution < -0.4 is 0 Å². The first-order chi connectivity index (χ1) is 28.1. The van der Waals surface area contributed by atoms with E-state index in [0.717, 1.165) is 44.3 Å². The van der Waals surface area contributed by atoms with E-state index in [4.69, 9.17) is 9.97 Å². The van der Waals surface area contributed by atoms with Crippen molar-refractivity contribution in [2.75, 3.05) is 0 Å². The van der Waals surface area contributed by atoms with Gasteiger partial charge in [-0.25, -0.2) is 9.97 Å². The molecular weight excluding hydrogens is 699 g/mol. The lowest BCUT2D eigenvalue weighted by molar-refractivity contribution is 1.16. The standard InChI is InChI=1S/C50H27N7/c51-28-32-19-21-47-41(23-32)42-24-33(29-52)20-22-48(42)57(47)49-43(39-17-9-7-15-36(39)30-53)25-38(26-44(49)40-18-10-8-16-37(40)31-54)50-55-45(34-11-3-1-4-12-34)27-46(56-50)35-13-5-2-6-14-35/h1-27H. The first kappa shape index (κ1) is 34.2. The highest BCUT2D eigenvalue weighted by molar-refractivity contribution is 6.12. The molecule has 2 aromatic heterocycles. The number of nitriles is 4. The van der Waals surface area contributed by atoms with Gasteiger partial charge in [-0.05, 0) is 66.7 Å². The lowest BCUT2D eigenvalue weighted by Crippen LogP contribution is -2.04. The van der Waals surface area contributed by atoms with Crippen molar-refractivity contribution in [2.24, 2.45) is 0 Å². The monoisotopic (exact) mass is 725 g/mol. The summed E-state index contributed by atoms with van der Waals surface area (Å²) in [5, 5.41) is 42.6. The molecule has 0 saturated carbocycles. The summed E-state index contributed by atoms with van der Waals surface area (Å²) in [6, 6.07) is 61.3. The molecule has 0 aliphatic rings. The van der Waals surface area contributed by atoms with Gasteiger partial charge >= 0.3 is 0 Å². The summed E-state index contributed by atoms with van der Waals surface area (Å²) < 4.78 is 2.11. The Morgan fingerprint density at radius 1 is 0.386 bits per heavy atom. The van der Waals surface area contributed by atoms with Crippen LogP contribution in [0.5, 0.6) is 0 Å². The summed E-state index contributed by atoms with van der Waals surface area (Å²) in [6.45, 7) is 0. The fraction of sp³-hybridized carbons (Fsp3) is 0. The Morgan fingerprint density at radius 3 is 1.26 bits per heavy atom. The van der Waals surface area contributed by atoms with Crippen molar-refractivity contribution in [1.82, 2.24) is 14.5 Å². The lowest BCUT2D eigenvalue weighted by Gasteiger charge is -2.22. The molecule has 0 fully saturated rings. The fourth-order valence-electron chi connectivity index (χ4n) is 7.54. The lowest BCUT2D eigenvalue weighted by atomic mass is 9.89. The zero-order chi connectivity index (χ0) is 38.9. The van der Waals surface area contributed by atoms with E-state index in [1.165, 1.54) is 0 Å². The molecule has 0 aliphatic heterocycles. The molecule has 0 aliphatic carbocycles. The summed E-state index contributed by atoms with van der Waals surface area (Å²) >= 11 is 0. The zero-order valence-electron chi connectivity index (χ0n) is 30.2. The van der Waals surface area contributed by atoms with E-state index >= 15 is 0 Å². The molecule has 262 valence electrons. The normalized spacial score (nSPS) is 10.7. The molecule has 0 saturated heterocycles. The highest BCUT2D eigenvalue weighted by atomic mass is 15.0. The van der Waals surface area contributed by atoms with Crippen molar-refractivity contribution in [3.63, 3.8) is 0 Å². The van der Waals surface area contributed by atoms with Crippen molar-refractivity contribution in [3.05, 3.63) is 186 Å². The molecular formula is C50H27N7. The smallest absolute Gasteiger partial charge is 0.160 e. The molecule has 7 aromatic carbocycles. The molecule has 0 unspecified atom stereocenters. The molecule has 0 N–H and O–H groups in total. The van der Waals surface area contributed by atoms with Crippen molar-refractivity contribution in [2.45, 2.75) is 0 Å². The minimum atomic E-state index is 0.457. The maximum absolute atomic E-state index is 10.6. The van der Waals surface area contributed by atoms with Gasteiger partial charge in [0.25, 0.3) is 0 Å². The van der Waals surface area contributed by atoms with Crippen LogP contribution in [-0.4, -0.2) is 14.5 Å². The molecule has 0 bridgehead atoms. The molecule has 7 nitrogen and oxygen atoms in total. The predicted molar refractivity (Wildman–Crippen MR) is 222 cm³/mol. The molecule has 0 amide bonds. The van der Waals surface area contributed by atoms with E-state index in [-0.39, 0.29) is 0 Å². The molecule has 0 atom stereocenters. The largest absolute Gasteiger partial charge is 0.308 e. The second kappa shape index (κ2) is 14.3. The van der Waals surface area contributed by atoms with Gasteiger partial charge in [-0.2, -0.15) is 21.0 Å². The van der Waals surface area contributed by atoms with E-state index in [2.05, 4.69) is 28.8 Å². The summed E-state index contributed by atoms with van der Waals surface area (Å²) in [5.74, 6) is 0.465. The molecule has 57 heavy (non-hydrogen) atoms. The van der Waals surface area contributed by atoms with Crippen LogP contribution in [0.15, 0.2) is 164 Å². The van der Waals surface area contributed by atoms with Crippen molar-refractivity contribution >= 4 is 21.8 Å². The average molecular weight is 726 g/mol. The van der Waals surface area contributed by atoms with Crippen LogP contribution in [0.25, 0.3) is 83.6 Å². The van der Waals surface area contributed by atoms with Crippen LogP contribution in [0.2, 0.25) is 0 Å². The molecule has 0 radical (unpaired) electrons. The Bertz CT molecular complexity index is 3020. The third-order valence-corrected chi connectivity index (χ3v) is 10.2. The minimum Gasteiger partial charge on any atom is -0.308 e. The minimum absolute atomic E-state index is 0.457. The summed E-state index contributed by atoms with van der Waals surface area (Å²) in [5.41, 5.74) is 10.9. The molecule has 9 rings (SSSR count). The predicted octanol–water partition coefficient (Wildman–Crippen LogP) is 11.4. The Hall–Kier alpha value is -8.62. The van der Waals surface area contributed by atoms with Crippen molar-refractivity contribution in [3.8, 4) is 86.1 Å². The Balaban J connectivity index is 1.47. The third-order valence-electron chi connectivity index (χ3n) is 10.2. The Labute approximate surface area is 328 Å². The van der Waals surface area contributed by atoms with Crippen LogP contribution in [0, 0.1) is 45.3 Å². The number of hydrogen-bond donors (Lipinski definition) is 0. The first-order valence-corrected chi connectivity index (χ1v) is 18.1. The maximum atomic E-state index is 10.6. The van der Waals surface area contributed by atoms with Gasteiger partial charge in [0.2, 0.25) is 0 Å². The van der Waals surface area contributed by atoms with Crippen LogP contribution in [0.4, 0.5) is 0 Å². The maximum Gasteiger partial charge on any atom is 0.160 e. The van der Waals surface area contributed by atoms with Crippen LogP contribution >= 0.6 is 0 Å². The second-order valence-electron chi connectivity index (χ2n) is 13.5. The van der Waals surface area contributed by atoms with E-state index < -0.39 is 0 Å². The number of aromatic nitrogens is 3. The number of hydrogen-bond acceptors (Lipinski definition) is 6. The molecule has 0 spiro atoms. The number of nitrogens with zero attached hydrogens (tertiary/aromatic N) is 7. The SMILES string of the molecule is N#Cc1ccc2c(c1)c1cc(C#N)ccc1n2-c1c(-c2ccccc2C#N)cc(-c2nc(-c3ccccc3)cc(-c3ccccc3)n2)cc1-c1ccccc1C#N. The fourth-order valence-corrected chi connectivity index (χ4v) is 7.54. The van der Waals surface area contributed by atoms with Gasteiger partial charge in [-0.15, -0.1) is 0 Å². The number of rotatable bonds is 6. The third kappa shape index (κ3) is 6.01. The first-order valence-electron chi connectivity index (χ1n) is 18.1. The Morgan fingerprint density at radius 2 is 0.825 bits per heavy atom. The van der Waals surface area contributed by atoms with Crippen molar-refractivity contribution < 1.29 is 0 Å².